The third-order valence-corrected chi connectivity index (χ3v) is 5.90. The van der Waals surface area contributed by atoms with Crippen LogP contribution in [0.1, 0.15) is 23.2 Å². The molecule has 1 fully saturated rings. The van der Waals surface area contributed by atoms with Crippen LogP contribution in [0.25, 0.3) is 0 Å². The summed E-state index contributed by atoms with van der Waals surface area (Å²) in [5.41, 5.74) is 5.86. The molecule has 24 heavy (non-hydrogen) atoms. The lowest BCUT2D eigenvalue weighted by Gasteiger charge is -2.32. The monoisotopic (exact) mass is 354 g/mol. The first-order valence-electron chi connectivity index (χ1n) is 7.60. The van der Waals surface area contributed by atoms with Gasteiger partial charge in [-0.15, -0.1) is 0 Å². The van der Waals surface area contributed by atoms with E-state index in [0.717, 1.165) is 4.31 Å². The number of piperidine rings is 1. The van der Waals surface area contributed by atoms with E-state index in [9.17, 15) is 18.0 Å². The van der Waals surface area contributed by atoms with Gasteiger partial charge in [0.25, 0.3) is 16.1 Å². The number of hydrogen-bond donors (Lipinski definition) is 2. The van der Waals surface area contributed by atoms with Crippen molar-refractivity contribution < 1.29 is 18.0 Å². The van der Waals surface area contributed by atoms with E-state index >= 15 is 0 Å². The highest BCUT2D eigenvalue weighted by molar-refractivity contribution is 7.86. The Morgan fingerprint density at radius 1 is 1.29 bits per heavy atom. The number of nitrogens with zero attached hydrogens (tertiary/aromatic N) is 2. The number of para-hydroxylation sites is 1. The Bertz CT molecular complexity index is 733. The van der Waals surface area contributed by atoms with Gasteiger partial charge >= 0.3 is 0 Å². The van der Waals surface area contributed by atoms with Crippen molar-refractivity contribution in [3.63, 3.8) is 0 Å². The van der Waals surface area contributed by atoms with E-state index in [0.29, 0.717) is 25.1 Å². The van der Waals surface area contributed by atoms with Crippen LogP contribution in [0.3, 0.4) is 0 Å². The number of carbonyl (C=O) groups is 2. The van der Waals surface area contributed by atoms with Gasteiger partial charge in [-0.1, -0.05) is 12.1 Å². The van der Waals surface area contributed by atoms with Crippen LogP contribution in [0.4, 0.5) is 5.69 Å². The number of hydrogen-bond acceptors (Lipinski definition) is 4. The Morgan fingerprint density at radius 3 is 2.58 bits per heavy atom. The standard InChI is InChI=1S/C15H22N4O4S/c1-18(2)24(22,23)19-9-5-6-11(10-19)15(21)17-13-8-4-3-7-12(13)14(16)20/h3-4,7-8,11H,5-6,9-10H2,1-2H3,(H2,16,20)(H,17,21)/t11-/m0/s1. The summed E-state index contributed by atoms with van der Waals surface area (Å²) in [6.45, 7) is 0.507. The third-order valence-electron chi connectivity index (χ3n) is 3.99. The lowest BCUT2D eigenvalue weighted by Crippen LogP contribution is -2.47. The summed E-state index contributed by atoms with van der Waals surface area (Å²) >= 11 is 0. The van der Waals surface area contributed by atoms with Crippen LogP contribution in [-0.2, 0) is 15.0 Å². The summed E-state index contributed by atoms with van der Waals surface area (Å²) in [6, 6.07) is 6.46. The number of anilines is 1. The molecule has 0 radical (unpaired) electrons. The largest absolute Gasteiger partial charge is 0.366 e. The number of rotatable bonds is 5. The van der Waals surface area contributed by atoms with Crippen LogP contribution in [0.15, 0.2) is 24.3 Å². The summed E-state index contributed by atoms with van der Waals surface area (Å²) in [5.74, 6) is -1.43. The van der Waals surface area contributed by atoms with E-state index in [1.54, 1.807) is 18.2 Å². The number of nitrogens with two attached hydrogens (primary N) is 1. The number of nitrogens with one attached hydrogen (secondary N) is 1. The maximum absolute atomic E-state index is 12.5. The van der Waals surface area contributed by atoms with Crippen LogP contribution in [-0.4, -0.2) is 56.0 Å². The highest BCUT2D eigenvalue weighted by Crippen LogP contribution is 2.23. The average molecular weight is 354 g/mol. The first kappa shape index (κ1) is 18.4. The molecule has 9 heteroatoms. The van der Waals surface area contributed by atoms with Crippen molar-refractivity contribution in [2.45, 2.75) is 12.8 Å². The molecule has 1 aromatic rings. The Labute approximate surface area is 141 Å². The fourth-order valence-electron chi connectivity index (χ4n) is 2.64. The van der Waals surface area contributed by atoms with Crippen molar-refractivity contribution in [3.05, 3.63) is 29.8 Å². The third kappa shape index (κ3) is 3.92. The maximum Gasteiger partial charge on any atom is 0.281 e. The molecule has 2 amide bonds. The van der Waals surface area contributed by atoms with E-state index < -0.39 is 22.0 Å². The van der Waals surface area contributed by atoms with Crippen molar-refractivity contribution in [3.8, 4) is 0 Å². The molecule has 0 aromatic heterocycles. The van der Waals surface area contributed by atoms with Crippen LogP contribution in [0.5, 0.6) is 0 Å². The summed E-state index contributed by atoms with van der Waals surface area (Å²) in [7, 11) is -0.627. The molecule has 1 saturated heterocycles. The fraction of sp³-hybridized carbons (Fsp3) is 0.467. The fourth-order valence-corrected chi connectivity index (χ4v) is 3.83. The molecule has 1 aromatic carbocycles. The summed E-state index contributed by atoms with van der Waals surface area (Å²) in [6.07, 6.45) is 1.19. The Kier molecular flexibility index (Phi) is 5.58. The van der Waals surface area contributed by atoms with Gasteiger partial charge in [-0.25, -0.2) is 0 Å². The highest BCUT2D eigenvalue weighted by Gasteiger charge is 2.33. The van der Waals surface area contributed by atoms with Gasteiger partial charge in [-0.2, -0.15) is 17.0 Å². The van der Waals surface area contributed by atoms with E-state index in [1.165, 1.54) is 24.5 Å². The van der Waals surface area contributed by atoms with Crippen LogP contribution in [0.2, 0.25) is 0 Å². The van der Waals surface area contributed by atoms with Gasteiger partial charge in [0.05, 0.1) is 17.2 Å². The molecule has 0 saturated carbocycles. The second kappa shape index (κ2) is 7.29. The lowest BCUT2D eigenvalue weighted by atomic mass is 9.98. The molecule has 1 aliphatic heterocycles. The second-order valence-electron chi connectivity index (χ2n) is 5.89. The molecule has 1 heterocycles. The normalized spacial score (nSPS) is 19.2. The number of benzene rings is 1. The van der Waals surface area contributed by atoms with Gasteiger partial charge in [-0.05, 0) is 25.0 Å². The molecule has 1 aliphatic rings. The van der Waals surface area contributed by atoms with Crippen molar-refractivity contribution in [2.75, 3.05) is 32.5 Å². The van der Waals surface area contributed by atoms with Crippen LogP contribution >= 0.6 is 0 Å². The zero-order valence-corrected chi connectivity index (χ0v) is 14.5. The second-order valence-corrected chi connectivity index (χ2v) is 8.03. The molecule has 132 valence electrons. The molecule has 8 nitrogen and oxygen atoms in total. The first-order valence-corrected chi connectivity index (χ1v) is 9.00. The van der Waals surface area contributed by atoms with Gasteiger partial charge in [0.2, 0.25) is 5.91 Å². The molecular weight excluding hydrogens is 332 g/mol. The maximum atomic E-state index is 12.5. The van der Waals surface area contributed by atoms with Crippen LogP contribution in [0, 0.1) is 5.92 Å². The van der Waals surface area contributed by atoms with Crippen LogP contribution < -0.4 is 11.1 Å². The van der Waals surface area contributed by atoms with Crippen molar-refractivity contribution in [1.29, 1.82) is 0 Å². The molecule has 0 bridgehead atoms. The zero-order chi connectivity index (χ0) is 17.9. The van der Waals surface area contributed by atoms with Gasteiger partial charge < -0.3 is 11.1 Å². The van der Waals surface area contributed by atoms with E-state index in [4.69, 9.17) is 5.73 Å². The van der Waals surface area contributed by atoms with E-state index in [1.807, 2.05) is 0 Å². The Morgan fingerprint density at radius 2 is 1.96 bits per heavy atom. The minimum atomic E-state index is -3.55. The first-order chi connectivity index (χ1) is 11.2. The molecular formula is C15H22N4O4S. The zero-order valence-electron chi connectivity index (χ0n) is 13.7. The smallest absolute Gasteiger partial charge is 0.281 e. The van der Waals surface area contributed by atoms with E-state index in [2.05, 4.69) is 5.32 Å². The van der Waals surface area contributed by atoms with Gasteiger partial charge in [0.15, 0.2) is 0 Å². The molecule has 0 aliphatic carbocycles. The Hall–Kier alpha value is -1.97. The molecule has 2 rings (SSSR count). The predicted octanol–water partition coefficient (Wildman–Crippen LogP) is 0.242. The Balaban J connectivity index is 2.12. The average Bonchev–Trinajstić information content (AvgIpc) is 2.55. The van der Waals surface area contributed by atoms with Gasteiger partial charge in [0, 0.05) is 27.2 Å². The predicted molar refractivity (Wildman–Crippen MR) is 90.5 cm³/mol. The van der Waals surface area contributed by atoms with Crippen molar-refractivity contribution in [2.24, 2.45) is 11.7 Å². The van der Waals surface area contributed by atoms with E-state index in [-0.39, 0.29) is 18.0 Å². The highest BCUT2D eigenvalue weighted by atomic mass is 32.2. The lowest BCUT2D eigenvalue weighted by molar-refractivity contribution is -0.120. The minimum absolute atomic E-state index is 0.116. The molecule has 0 unspecified atom stereocenters. The molecule has 0 spiro atoms. The topological polar surface area (TPSA) is 113 Å². The number of amides is 2. The summed E-state index contributed by atoms with van der Waals surface area (Å²) in [4.78, 5) is 23.9. The van der Waals surface area contributed by atoms with Gasteiger partial charge in [0.1, 0.15) is 0 Å². The SMILES string of the molecule is CN(C)S(=O)(=O)N1CCC[C@H](C(=O)Nc2ccccc2C(N)=O)C1. The van der Waals surface area contributed by atoms with Crippen molar-refractivity contribution in [1.82, 2.24) is 8.61 Å². The minimum Gasteiger partial charge on any atom is -0.366 e. The summed E-state index contributed by atoms with van der Waals surface area (Å²) < 4.78 is 26.9. The number of primary amides is 1. The molecule has 1 atom stereocenters. The quantitative estimate of drug-likeness (QED) is 0.788. The van der Waals surface area contributed by atoms with Crippen molar-refractivity contribution >= 4 is 27.7 Å². The molecule has 3 N–H and O–H groups in total. The number of carbonyl (C=O) groups excluding carboxylic acids is 2. The summed E-state index contributed by atoms with van der Waals surface area (Å²) in [5, 5.41) is 2.69. The van der Waals surface area contributed by atoms with Gasteiger partial charge in [-0.3, -0.25) is 9.59 Å².